The van der Waals surface area contributed by atoms with Crippen molar-refractivity contribution in [2.24, 2.45) is 11.8 Å². The Labute approximate surface area is 137 Å². The van der Waals surface area contributed by atoms with Gasteiger partial charge in [-0.05, 0) is 30.4 Å². The lowest BCUT2D eigenvalue weighted by Gasteiger charge is -2.19. The Morgan fingerprint density at radius 2 is 1.45 bits per heavy atom. The lowest BCUT2D eigenvalue weighted by atomic mass is 9.81. The van der Waals surface area contributed by atoms with Gasteiger partial charge in [0, 0.05) is 9.86 Å². The molecular weight excluding hydrogens is 342 g/mol. The fourth-order valence-electron chi connectivity index (χ4n) is 3.84. The topological polar surface area (TPSA) is 37.4 Å². The Morgan fingerprint density at radius 3 is 2.09 bits per heavy atom. The molecule has 2 aliphatic rings. The summed E-state index contributed by atoms with van der Waals surface area (Å²) in [7, 11) is 0. The van der Waals surface area contributed by atoms with Gasteiger partial charge in [0.1, 0.15) is 0 Å². The van der Waals surface area contributed by atoms with Crippen LogP contribution in [0.5, 0.6) is 0 Å². The van der Waals surface area contributed by atoms with Crippen molar-refractivity contribution in [3.05, 3.63) is 40.9 Å². The molecule has 3 nitrogen and oxygen atoms in total. The molecule has 2 amide bonds. The largest absolute Gasteiger partial charge is 0.274 e. The number of halogens is 1. The minimum Gasteiger partial charge on any atom is -0.274 e. The second-order valence-electron chi connectivity index (χ2n) is 6.12. The summed E-state index contributed by atoms with van der Waals surface area (Å²) in [4.78, 5) is 27.0. The number of carbonyl (C=O) groups excluding carboxylic acids is 2. The summed E-state index contributed by atoms with van der Waals surface area (Å²) in [5, 5.41) is 1.97. The molecule has 0 radical (unpaired) electrons. The quantitative estimate of drug-likeness (QED) is 0.714. The molecule has 2 aromatic carbocycles. The van der Waals surface area contributed by atoms with Crippen LogP contribution in [0, 0.1) is 11.8 Å². The number of benzene rings is 2. The summed E-state index contributed by atoms with van der Waals surface area (Å²) in [6, 6.07) is 11.7. The third kappa shape index (κ3) is 1.93. The average Bonchev–Trinajstić information content (AvgIpc) is 2.81. The van der Waals surface area contributed by atoms with Crippen LogP contribution in [0.15, 0.2) is 40.9 Å². The second kappa shape index (κ2) is 5.20. The lowest BCUT2D eigenvalue weighted by Crippen LogP contribution is -2.31. The summed E-state index contributed by atoms with van der Waals surface area (Å²) in [6.07, 6.45) is 3.80. The third-order valence-corrected chi connectivity index (χ3v) is 5.62. The van der Waals surface area contributed by atoms with Gasteiger partial charge in [0.05, 0.1) is 17.5 Å². The molecule has 2 aromatic rings. The summed E-state index contributed by atoms with van der Waals surface area (Å²) < 4.78 is 0.975. The van der Waals surface area contributed by atoms with E-state index >= 15 is 0 Å². The molecule has 2 atom stereocenters. The number of hydrogen-bond donors (Lipinski definition) is 0. The van der Waals surface area contributed by atoms with Gasteiger partial charge in [-0.15, -0.1) is 0 Å². The Hall–Kier alpha value is -1.68. The monoisotopic (exact) mass is 357 g/mol. The summed E-state index contributed by atoms with van der Waals surface area (Å²) in [5.74, 6) is -0.239. The third-order valence-electron chi connectivity index (χ3n) is 4.93. The van der Waals surface area contributed by atoms with Crippen LogP contribution in [-0.2, 0) is 9.59 Å². The minimum absolute atomic E-state index is 0.0119. The molecule has 4 heteroatoms. The second-order valence-corrected chi connectivity index (χ2v) is 6.98. The van der Waals surface area contributed by atoms with Gasteiger partial charge in [-0.2, -0.15) is 0 Å². The maximum Gasteiger partial charge on any atom is 0.237 e. The van der Waals surface area contributed by atoms with Gasteiger partial charge in [-0.25, -0.2) is 4.90 Å². The molecule has 0 aromatic heterocycles. The van der Waals surface area contributed by atoms with Crippen LogP contribution in [0.1, 0.15) is 25.7 Å². The standard InChI is InChI=1S/C18H16BrNO2/c19-15-9-10-16(12-6-2-1-5-11(12)15)20-17(21)13-7-3-4-8-14(13)18(20)22/h1-2,5-6,9-10,13-14H,3-4,7-8H2/t13-,14+. The first-order valence-electron chi connectivity index (χ1n) is 7.73. The number of fused-ring (bicyclic) bond motifs is 2. The highest BCUT2D eigenvalue weighted by Gasteiger charge is 2.49. The van der Waals surface area contributed by atoms with E-state index in [1.54, 1.807) is 0 Å². The highest BCUT2D eigenvalue weighted by molar-refractivity contribution is 9.10. The van der Waals surface area contributed by atoms with Gasteiger partial charge in [0.2, 0.25) is 11.8 Å². The normalized spacial score (nSPS) is 24.9. The van der Waals surface area contributed by atoms with Gasteiger partial charge < -0.3 is 0 Å². The molecule has 1 saturated heterocycles. The van der Waals surface area contributed by atoms with Crippen molar-refractivity contribution in [3.8, 4) is 0 Å². The SMILES string of the molecule is O=C1[C@H]2CCCC[C@H]2C(=O)N1c1ccc(Br)c2ccccc12. The molecule has 1 heterocycles. The van der Waals surface area contributed by atoms with E-state index in [9.17, 15) is 9.59 Å². The van der Waals surface area contributed by atoms with E-state index in [0.717, 1.165) is 46.6 Å². The molecule has 0 spiro atoms. The van der Waals surface area contributed by atoms with Crippen LogP contribution >= 0.6 is 15.9 Å². The number of hydrogen-bond acceptors (Lipinski definition) is 2. The smallest absolute Gasteiger partial charge is 0.237 e. The van der Waals surface area contributed by atoms with Gasteiger partial charge in [0.15, 0.2) is 0 Å². The Bertz CT molecular complexity index is 762. The van der Waals surface area contributed by atoms with Crippen molar-refractivity contribution >= 4 is 44.2 Å². The van der Waals surface area contributed by atoms with Crippen molar-refractivity contribution in [1.29, 1.82) is 0 Å². The minimum atomic E-state index is -0.108. The van der Waals surface area contributed by atoms with Gasteiger partial charge >= 0.3 is 0 Å². The van der Waals surface area contributed by atoms with E-state index in [0.29, 0.717) is 0 Å². The van der Waals surface area contributed by atoms with Crippen LogP contribution in [0.4, 0.5) is 5.69 Å². The van der Waals surface area contributed by atoms with Crippen LogP contribution in [-0.4, -0.2) is 11.8 Å². The first-order chi connectivity index (χ1) is 10.7. The molecule has 2 fully saturated rings. The van der Waals surface area contributed by atoms with Crippen LogP contribution < -0.4 is 4.90 Å². The van der Waals surface area contributed by atoms with Crippen molar-refractivity contribution in [2.75, 3.05) is 4.90 Å². The zero-order valence-electron chi connectivity index (χ0n) is 12.1. The van der Waals surface area contributed by atoms with E-state index in [-0.39, 0.29) is 23.7 Å². The Morgan fingerprint density at radius 1 is 0.864 bits per heavy atom. The zero-order chi connectivity index (χ0) is 15.3. The van der Waals surface area contributed by atoms with E-state index in [1.165, 1.54) is 4.90 Å². The molecular formula is C18H16BrNO2. The number of rotatable bonds is 1. The van der Waals surface area contributed by atoms with Gasteiger partial charge in [0.25, 0.3) is 0 Å². The maximum absolute atomic E-state index is 12.8. The average molecular weight is 358 g/mol. The maximum atomic E-state index is 12.8. The number of carbonyl (C=O) groups is 2. The van der Waals surface area contributed by atoms with Crippen LogP contribution in [0.2, 0.25) is 0 Å². The number of anilines is 1. The highest BCUT2D eigenvalue weighted by Crippen LogP contribution is 2.42. The van der Waals surface area contributed by atoms with Crippen LogP contribution in [0.3, 0.4) is 0 Å². The number of nitrogens with zero attached hydrogens (tertiary/aromatic N) is 1. The highest BCUT2D eigenvalue weighted by atomic mass is 79.9. The van der Waals surface area contributed by atoms with Crippen molar-refractivity contribution < 1.29 is 9.59 Å². The molecule has 1 aliphatic heterocycles. The predicted molar refractivity (Wildman–Crippen MR) is 89.6 cm³/mol. The van der Waals surface area contributed by atoms with E-state index in [1.807, 2.05) is 36.4 Å². The number of imide groups is 1. The lowest BCUT2D eigenvalue weighted by molar-refractivity contribution is -0.122. The Balaban J connectivity index is 1.87. The van der Waals surface area contributed by atoms with Crippen molar-refractivity contribution in [3.63, 3.8) is 0 Å². The molecule has 112 valence electrons. The summed E-state index contributed by atoms with van der Waals surface area (Å²) >= 11 is 3.54. The Kier molecular flexibility index (Phi) is 3.30. The number of amides is 2. The fraction of sp³-hybridized carbons (Fsp3) is 0.333. The van der Waals surface area contributed by atoms with E-state index in [2.05, 4.69) is 15.9 Å². The molecule has 22 heavy (non-hydrogen) atoms. The summed E-state index contributed by atoms with van der Waals surface area (Å²) in [5.41, 5.74) is 0.725. The van der Waals surface area contributed by atoms with E-state index < -0.39 is 0 Å². The molecule has 0 unspecified atom stereocenters. The molecule has 1 aliphatic carbocycles. The zero-order valence-corrected chi connectivity index (χ0v) is 13.7. The predicted octanol–water partition coefficient (Wildman–Crippen LogP) is 4.28. The first-order valence-corrected chi connectivity index (χ1v) is 8.53. The first kappa shape index (κ1) is 13.9. The van der Waals surface area contributed by atoms with E-state index in [4.69, 9.17) is 0 Å². The summed E-state index contributed by atoms with van der Waals surface area (Å²) in [6.45, 7) is 0. The molecule has 0 N–H and O–H groups in total. The van der Waals surface area contributed by atoms with Crippen LogP contribution in [0.25, 0.3) is 10.8 Å². The molecule has 4 rings (SSSR count). The van der Waals surface area contributed by atoms with Crippen molar-refractivity contribution in [2.45, 2.75) is 25.7 Å². The van der Waals surface area contributed by atoms with Gasteiger partial charge in [-0.1, -0.05) is 53.0 Å². The molecule has 0 bridgehead atoms. The van der Waals surface area contributed by atoms with Crippen molar-refractivity contribution in [1.82, 2.24) is 0 Å². The van der Waals surface area contributed by atoms with Gasteiger partial charge in [-0.3, -0.25) is 9.59 Å². The fourth-order valence-corrected chi connectivity index (χ4v) is 4.32. The molecule has 1 saturated carbocycles.